The molecule has 2 aromatic carbocycles. The largest absolute Gasteiger partial charge is 0.324 e. The van der Waals surface area contributed by atoms with Gasteiger partial charge >= 0.3 is 0 Å². The minimum absolute atomic E-state index is 0.0302. The molecule has 2 N–H and O–H groups in total. The van der Waals surface area contributed by atoms with Gasteiger partial charge in [-0.1, -0.05) is 23.5 Å². The minimum atomic E-state index is -0.490. The van der Waals surface area contributed by atoms with Gasteiger partial charge in [0.2, 0.25) is 11.0 Å². The van der Waals surface area contributed by atoms with Gasteiger partial charge < -0.3 is 5.32 Å². The van der Waals surface area contributed by atoms with Crippen LogP contribution in [-0.2, 0) is 4.79 Å². The van der Waals surface area contributed by atoms with Crippen molar-refractivity contribution in [2.24, 2.45) is 0 Å². The molecule has 0 saturated heterocycles. The van der Waals surface area contributed by atoms with E-state index >= 15 is 0 Å². The Morgan fingerprint density at radius 2 is 1.79 bits per heavy atom. The number of alkyl halides is 1. The van der Waals surface area contributed by atoms with E-state index in [9.17, 15) is 19.7 Å². The molecule has 0 spiro atoms. The molecular formula is C17H12ClN5O4S. The molecule has 1 heterocycles. The maximum absolute atomic E-state index is 12.5. The smallest absolute Gasteiger partial charge is 0.269 e. The van der Waals surface area contributed by atoms with Crippen molar-refractivity contribution < 1.29 is 14.5 Å². The molecule has 9 nitrogen and oxygen atoms in total. The Balaban J connectivity index is 1.76. The number of nitro groups is 1. The van der Waals surface area contributed by atoms with E-state index in [0.717, 1.165) is 11.3 Å². The Morgan fingerprint density at radius 3 is 2.46 bits per heavy atom. The molecule has 0 fully saturated rings. The third-order valence-electron chi connectivity index (χ3n) is 3.54. The lowest BCUT2D eigenvalue weighted by molar-refractivity contribution is -0.384. The summed E-state index contributed by atoms with van der Waals surface area (Å²) in [7, 11) is 0. The predicted octanol–water partition coefficient (Wildman–Crippen LogP) is 3.54. The van der Waals surface area contributed by atoms with Gasteiger partial charge in [0, 0.05) is 17.7 Å². The number of para-hydroxylation sites is 1. The van der Waals surface area contributed by atoms with Gasteiger partial charge in [0.1, 0.15) is 10.9 Å². The summed E-state index contributed by atoms with van der Waals surface area (Å²) in [6, 6.07) is 12.3. The van der Waals surface area contributed by atoms with Gasteiger partial charge in [0.25, 0.3) is 11.6 Å². The van der Waals surface area contributed by atoms with E-state index in [0.29, 0.717) is 16.3 Å². The molecule has 1 aromatic heterocycles. The molecule has 142 valence electrons. The number of carbonyl (C=O) groups is 2. The quantitative estimate of drug-likeness (QED) is 0.358. The van der Waals surface area contributed by atoms with Gasteiger partial charge in [0.15, 0.2) is 0 Å². The lowest BCUT2D eigenvalue weighted by Crippen LogP contribution is -2.18. The summed E-state index contributed by atoms with van der Waals surface area (Å²) in [5, 5.41) is 24.5. The molecule has 0 unspecified atom stereocenters. The lowest BCUT2D eigenvalue weighted by Gasteiger charge is -2.09. The molecule has 0 radical (unpaired) electrons. The van der Waals surface area contributed by atoms with Crippen molar-refractivity contribution in [2.75, 3.05) is 16.5 Å². The number of rotatable bonds is 6. The molecular weight excluding hydrogens is 406 g/mol. The number of benzene rings is 2. The Bertz CT molecular complexity index is 1040. The van der Waals surface area contributed by atoms with Crippen LogP contribution in [0.1, 0.15) is 10.4 Å². The van der Waals surface area contributed by atoms with Crippen LogP contribution in [0.25, 0.3) is 10.6 Å². The molecule has 11 heteroatoms. The number of amides is 2. The highest BCUT2D eigenvalue weighted by Gasteiger charge is 2.16. The third-order valence-corrected chi connectivity index (χ3v) is 4.67. The SMILES string of the molecule is O=C(CCl)Nc1ccccc1C(=O)Nc1nnc(-c2ccc([N+](=O)[O-])cc2)s1. The first kappa shape index (κ1) is 19.4. The van der Waals surface area contributed by atoms with Crippen LogP contribution >= 0.6 is 22.9 Å². The van der Waals surface area contributed by atoms with Crippen LogP contribution in [0.15, 0.2) is 48.5 Å². The number of hydrogen-bond acceptors (Lipinski definition) is 7. The fourth-order valence-electron chi connectivity index (χ4n) is 2.25. The highest BCUT2D eigenvalue weighted by atomic mass is 35.5. The zero-order valence-electron chi connectivity index (χ0n) is 14.1. The minimum Gasteiger partial charge on any atom is -0.324 e. The summed E-state index contributed by atoms with van der Waals surface area (Å²) in [6.45, 7) is 0. The highest BCUT2D eigenvalue weighted by Crippen LogP contribution is 2.28. The van der Waals surface area contributed by atoms with Crippen LogP contribution in [0.4, 0.5) is 16.5 Å². The first-order chi connectivity index (χ1) is 13.5. The Hall–Kier alpha value is -3.37. The molecule has 28 heavy (non-hydrogen) atoms. The number of non-ortho nitro benzene ring substituents is 1. The first-order valence-corrected chi connectivity index (χ1v) is 9.17. The van der Waals surface area contributed by atoms with Crippen molar-refractivity contribution >= 4 is 51.3 Å². The number of anilines is 2. The second-order valence-corrected chi connectivity index (χ2v) is 6.64. The number of nitrogens with zero attached hydrogens (tertiary/aromatic N) is 3. The molecule has 0 aliphatic carbocycles. The van der Waals surface area contributed by atoms with E-state index in [1.54, 1.807) is 36.4 Å². The number of aromatic nitrogens is 2. The monoisotopic (exact) mass is 417 g/mol. The molecule has 0 aliphatic rings. The second kappa shape index (κ2) is 8.55. The molecule has 2 amide bonds. The van der Waals surface area contributed by atoms with E-state index in [2.05, 4.69) is 20.8 Å². The summed E-state index contributed by atoms with van der Waals surface area (Å²) in [4.78, 5) is 34.3. The second-order valence-electron chi connectivity index (χ2n) is 5.40. The lowest BCUT2D eigenvalue weighted by atomic mass is 10.1. The van der Waals surface area contributed by atoms with Gasteiger partial charge in [-0.05, 0) is 24.3 Å². The van der Waals surface area contributed by atoms with Gasteiger partial charge in [-0.25, -0.2) is 0 Å². The summed E-state index contributed by atoms with van der Waals surface area (Å²) in [6.07, 6.45) is 0. The average molecular weight is 418 g/mol. The normalized spacial score (nSPS) is 10.3. The summed E-state index contributed by atoms with van der Waals surface area (Å²) in [5.41, 5.74) is 1.18. The van der Waals surface area contributed by atoms with E-state index in [1.807, 2.05) is 0 Å². The number of halogens is 1. The number of carbonyl (C=O) groups excluding carboxylic acids is 2. The van der Waals surface area contributed by atoms with Crippen molar-refractivity contribution in [2.45, 2.75) is 0 Å². The van der Waals surface area contributed by atoms with E-state index in [4.69, 9.17) is 11.6 Å². The van der Waals surface area contributed by atoms with Crippen molar-refractivity contribution in [1.82, 2.24) is 10.2 Å². The Kier molecular flexibility index (Phi) is 5.92. The van der Waals surface area contributed by atoms with Crippen LogP contribution in [-0.4, -0.2) is 32.8 Å². The highest BCUT2D eigenvalue weighted by molar-refractivity contribution is 7.18. The van der Waals surface area contributed by atoms with Crippen molar-refractivity contribution in [3.8, 4) is 10.6 Å². The van der Waals surface area contributed by atoms with Gasteiger partial charge in [-0.2, -0.15) is 0 Å². The van der Waals surface area contributed by atoms with E-state index < -0.39 is 16.7 Å². The average Bonchev–Trinajstić information content (AvgIpc) is 3.16. The summed E-state index contributed by atoms with van der Waals surface area (Å²) < 4.78 is 0. The maximum Gasteiger partial charge on any atom is 0.269 e. The zero-order chi connectivity index (χ0) is 20.1. The standard InChI is InChI=1S/C17H12ClN5O4S/c18-9-14(24)19-13-4-2-1-3-12(13)15(25)20-17-22-21-16(28-17)10-5-7-11(8-6-10)23(26)27/h1-8H,9H2,(H,19,24)(H,20,22,25). The van der Waals surface area contributed by atoms with E-state index in [1.165, 1.54) is 12.1 Å². The zero-order valence-corrected chi connectivity index (χ0v) is 15.7. The first-order valence-electron chi connectivity index (χ1n) is 7.82. The number of hydrogen-bond donors (Lipinski definition) is 2. The molecule has 0 saturated carbocycles. The van der Waals surface area contributed by atoms with Crippen LogP contribution in [0.3, 0.4) is 0 Å². The van der Waals surface area contributed by atoms with Crippen LogP contribution in [0.2, 0.25) is 0 Å². The maximum atomic E-state index is 12.5. The fraction of sp³-hybridized carbons (Fsp3) is 0.0588. The van der Waals surface area contributed by atoms with Crippen LogP contribution in [0, 0.1) is 10.1 Å². The predicted molar refractivity (Wildman–Crippen MR) is 106 cm³/mol. The topological polar surface area (TPSA) is 127 Å². The van der Waals surface area contributed by atoms with Crippen molar-refractivity contribution in [3.05, 3.63) is 64.2 Å². The third kappa shape index (κ3) is 4.48. The van der Waals surface area contributed by atoms with E-state index in [-0.39, 0.29) is 22.3 Å². The Morgan fingerprint density at radius 1 is 1.07 bits per heavy atom. The number of nitro benzene ring substituents is 1. The molecule has 3 aromatic rings. The molecule has 3 rings (SSSR count). The number of nitrogens with one attached hydrogen (secondary N) is 2. The Labute approximate surface area is 167 Å². The molecule has 0 bridgehead atoms. The van der Waals surface area contributed by atoms with Crippen molar-refractivity contribution in [1.29, 1.82) is 0 Å². The van der Waals surface area contributed by atoms with Gasteiger partial charge in [-0.3, -0.25) is 25.0 Å². The summed E-state index contributed by atoms with van der Waals surface area (Å²) in [5.74, 6) is -1.14. The molecule has 0 atom stereocenters. The fourth-order valence-corrected chi connectivity index (χ4v) is 3.07. The molecule has 0 aliphatic heterocycles. The van der Waals surface area contributed by atoms with Gasteiger partial charge in [0.05, 0.1) is 16.2 Å². The van der Waals surface area contributed by atoms with Gasteiger partial charge in [-0.15, -0.1) is 21.8 Å². The van der Waals surface area contributed by atoms with Crippen molar-refractivity contribution in [3.63, 3.8) is 0 Å². The van der Waals surface area contributed by atoms with Crippen LogP contribution in [0.5, 0.6) is 0 Å². The van der Waals surface area contributed by atoms with Crippen LogP contribution < -0.4 is 10.6 Å². The summed E-state index contributed by atoms with van der Waals surface area (Å²) >= 11 is 6.60.